The molecule has 0 spiro atoms. The van der Waals surface area contributed by atoms with E-state index in [1.165, 1.54) is 12.1 Å². The average molecular weight is 378 g/mol. The topological polar surface area (TPSA) is 12.4 Å². The lowest BCUT2D eigenvalue weighted by atomic mass is 10.0. The van der Waals surface area contributed by atoms with Crippen molar-refractivity contribution in [1.29, 1.82) is 0 Å². The molecule has 1 unspecified atom stereocenters. The van der Waals surface area contributed by atoms with Crippen molar-refractivity contribution in [3.63, 3.8) is 0 Å². The summed E-state index contributed by atoms with van der Waals surface area (Å²) >= 11 is 3.57. The second kappa shape index (κ2) is 5.65. The summed E-state index contributed by atoms with van der Waals surface area (Å²) in [7, 11) is 1.94. The van der Waals surface area contributed by atoms with E-state index in [2.05, 4.69) is 15.9 Å². The molecular weight excluding hydrogens is 362 g/mol. The molecule has 0 saturated carbocycles. The summed E-state index contributed by atoms with van der Waals surface area (Å²) < 4.78 is 28.4. The number of rotatable bonds is 2. The molecular formula is C18H16BrF2N2+. The van der Waals surface area contributed by atoms with Crippen LogP contribution in [0.3, 0.4) is 0 Å². The number of hydrogen-bond donors (Lipinski definition) is 0. The van der Waals surface area contributed by atoms with E-state index in [9.17, 15) is 8.78 Å². The van der Waals surface area contributed by atoms with Crippen LogP contribution in [0.25, 0.3) is 5.57 Å². The van der Waals surface area contributed by atoms with Gasteiger partial charge in [-0.3, -0.25) is 0 Å². The minimum atomic E-state index is -0.585. The van der Waals surface area contributed by atoms with Gasteiger partial charge in [0.05, 0.1) is 10.0 Å². The van der Waals surface area contributed by atoms with Crippen molar-refractivity contribution >= 4 is 32.9 Å². The molecule has 118 valence electrons. The number of nitrogens with zero attached hydrogens (tertiary/aromatic N) is 2. The maximum atomic E-state index is 14.1. The zero-order valence-electron chi connectivity index (χ0n) is 13.1. The molecule has 2 aromatic carbocycles. The Kier molecular flexibility index (Phi) is 3.94. The lowest BCUT2D eigenvalue weighted by molar-refractivity contribution is 0.479. The Labute approximate surface area is 142 Å². The highest BCUT2D eigenvalue weighted by Crippen LogP contribution is 2.39. The molecule has 5 heteroatoms. The van der Waals surface area contributed by atoms with Gasteiger partial charge in [-0.1, -0.05) is 17.2 Å². The van der Waals surface area contributed by atoms with E-state index in [1.807, 2.05) is 45.3 Å². The monoisotopic (exact) mass is 377 g/mol. The minimum Gasteiger partial charge on any atom is -0.207 e. The fraction of sp³-hybridized carbons (Fsp3) is 0.167. The third-order valence-corrected chi connectivity index (χ3v) is 4.63. The molecule has 0 aliphatic carbocycles. The normalized spacial score (nSPS) is 20.4. The molecule has 2 nitrogen and oxygen atoms in total. The van der Waals surface area contributed by atoms with Crippen molar-refractivity contribution < 1.29 is 8.78 Å². The smallest absolute Gasteiger partial charge is 0.181 e. The van der Waals surface area contributed by atoms with Gasteiger partial charge >= 0.3 is 0 Å². The molecule has 23 heavy (non-hydrogen) atoms. The predicted octanol–water partition coefficient (Wildman–Crippen LogP) is 5.40. The maximum Gasteiger partial charge on any atom is 0.181 e. The van der Waals surface area contributed by atoms with Crippen molar-refractivity contribution in [2.45, 2.75) is 13.8 Å². The number of aryl methyl sites for hydroxylation is 1. The lowest BCUT2D eigenvalue weighted by Crippen LogP contribution is -2.31. The predicted molar refractivity (Wildman–Crippen MR) is 94.0 cm³/mol. The van der Waals surface area contributed by atoms with Gasteiger partial charge in [0.25, 0.3) is 0 Å². The molecule has 2 aromatic rings. The molecule has 0 fully saturated rings. The zero-order valence-corrected chi connectivity index (χ0v) is 14.7. The molecule has 1 aliphatic rings. The Morgan fingerprint density at radius 3 is 2.48 bits per heavy atom. The van der Waals surface area contributed by atoms with Crippen molar-refractivity contribution in [1.82, 2.24) is 4.59 Å². The summed E-state index contributed by atoms with van der Waals surface area (Å²) in [5.41, 5.74) is 3.83. The average Bonchev–Trinajstić information content (AvgIpc) is 2.74. The Balaban J connectivity index is 2.16. The van der Waals surface area contributed by atoms with Gasteiger partial charge < -0.3 is 0 Å². The van der Waals surface area contributed by atoms with Gasteiger partial charge in [0.1, 0.15) is 30.6 Å². The van der Waals surface area contributed by atoms with Gasteiger partial charge in [-0.2, -0.15) is 0 Å². The minimum absolute atomic E-state index is 0.186. The number of hydrogen-bond acceptors (Lipinski definition) is 1. The molecule has 3 rings (SSSR count). The van der Waals surface area contributed by atoms with Crippen LogP contribution >= 0.6 is 15.9 Å². The van der Waals surface area contributed by atoms with Crippen molar-refractivity contribution in [2.75, 3.05) is 7.05 Å². The van der Waals surface area contributed by atoms with E-state index in [-0.39, 0.29) is 4.59 Å². The Morgan fingerprint density at radius 1 is 1.09 bits per heavy atom. The van der Waals surface area contributed by atoms with Crippen LogP contribution in [0, 0.1) is 18.6 Å². The Bertz CT molecular complexity index is 838. The number of allylic oxidation sites excluding steroid dienone is 1. The molecule has 1 atom stereocenters. The summed E-state index contributed by atoms with van der Waals surface area (Å²) in [6, 6.07) is 9.55. The quantitative estimate of drug-likeness (QED) is 0.621. The van der Waals surface area contributed by atoms with Gasteiger partial charge in [-0.15, -0.1) is 4.59 Å². The van der Waals surface area contributed by atoms with Crippen LogP contribution in [0.1, 0.15) is 18.1 Å². The largest absolute Gasteiger partial charge is 0.207 e. The zero-order chi connectivity index (χ0) is 16.8. The van der Waals surface area contributed by atoms with Gasteiger partial charge in [0.15, 0.2) is 5.69 Å². The van der Waals surface area contributed by atoms with Crippen molar-refractivity contribution in [3.8, 4) is 0 Å². The van der Waals surface area contributed by atoms with E-state index < -0.39 is 11.6 Å². The van der Waals surface area contributed by atoms with Gasteiger partial charge in [-0.25, -0.2) is 8.78 Å². The number of para-hydroxylation sites is 1. The second-order valence-corrected chi connectivity index (χ2v) is 6.64. The van der Waals surface area contributed by atoms with Crippen LogP contribution in [0.5, 0.6) is 0 Å². The first-order valence-electron chi connectivity index (χ1n) is 7.19. The van der Waals surface area contributed by atoms with Crippen LogP contribution < -0.4 is 4.59 Å². The van der Waals surface area contributed by atoms with Crippen molar-refractivity contribution in [3.05, 3.63) is 69.8 Å². The van der Waals surface area contributed by atoms with E-state index in [0.29, 0.717) is 16.8 Å². The number of halogens is 3. The molecule has 0 radical (unpaired) electrons. The fourth-order valence-corrected chi connectivity index (χ4v) is 3.85. The first-order valence-corrected chi connectivity index (χ1v) is 7.98. The molecule has 1 aliphatic heterocycles. The van der Waals surface area contributed by atoms with Crippen LogP contribution in [0.4, 0.5) is 14.5 Å². The second-order valence-electron chi connectivity index (χ2n) is 5.78. The standard InChI is InChI=1S/C18H16BrF2N2/c1-11-5-4-6-16(19)18(11)23(3)10-15(12(2)22-23)14-8-7-13(20)9-17(14)21/h4-10H,1-3H3/q+1. The molecule has 0 amide bonds. The molecule has 1 heterocycles. The first-order chi connectivity index (χ1) is 10.8. The van der Waals surface area contributed by atoms with Gasteiger partial charge in [-0.05, 0) is 48.0 Å². The maximum absolute atomic E-state index is 14.1. The van der Waals surface area contributed by atoms with Crippen LogP contribution in [-0.2, 0) is 0 Å². The van der Waals surface area contributed by atoms with Crippen molar-refractivity contribution in [2.24, 2.45) is 5.10 Å². The Hall–Kier alpha value is -1.85. The third kappa shape index (κ3) is 2.75. The molecule has 0 saturated heterocycles. The summed E-state index contributed by atoms with van der Waals surface area (Å²) in [4.78, 5) is 0. The third-order valence-electron chi connectivity index (χ3n) is 3.99. The summed E-state index contributed by atoms with van der Waals surface area (Å²) in [5, 5.41) is 4.70. The fourth-order valence-electron chi connectivity index (χ4n) is 3.02. The van der Waals surface area contributed by atoms with E-state index >= 15 is 0 Å². The molecule has 0 N–H and O–H groups in total. The lowest BCUT2D eigenvalue weighted by Gasteiger charge is -2.23. The summed E-state index contributed by atoms with van der Waals surface area (Å²) in [5.74, 6) is -1.17. The van der Waals surface area contributed by atoms with Crippen LogP contribution in [0.2, 0.25) is 0 Å². The van der Waals surface area contributed by atoms with E-state index in [1.54, 1.807) is 0 Å². The highest BCUT2D eigenvalue weighted by Gasteiger charge is 2.35. The number of benzene rings is 2. The molecule has 0 bridgehead atoms. The number of quaternary nitrogens is 1. The summed E-state index contributed by atoms with van der Waals surface area (Å²) in [6.07, 6.45) is 1.89. The molecule has 0 aromatic heterocycles. The SMILES string of the molecule is CC1=N[N+](C)(c2c(C)cccc2Br)C=C1c1ccc(F)cc1F. The van der Waals surface area contributed by atoms with E-state index in [4.69, 9.17) is 5.10 Å². The van der Waals surface area contributed by atoms with Gasteiger partial charge in [0.2, 0.25) is 0 Å². The van der Waals surface area contributed by atoms with E-state index in [0.717, 1.165) is 21.8 Å². The van der Waals surface area contributed by atoms with Crippen LogP contribution in [0.15, 0.2) is 52.2 Å². The highest BCUT2D eigenvalue weighted by molar-refractivity contribution is 9.10. The van der Waals surface area contributed by atoms with Crippen LogP contribution in [-0.4, -0.2) is 12.8 Å². The highest BCUT2D eigenvalue weighted by atomic mass is 79.9. The Morgan fingerprint density at radius 2 is 1.83 bits per heavy atom. The van der Waals surface area contributed by atoms with Gasteiger partial charge in [0, 0.05) is 17.2 Å². The summed E-state index contributed by atoms with van der Waals surface area (Å²) in [6.45, 7) is 3.85. The first kappa shape index (κ1) is 16.0.